The van der Waals surface area contributed by atoms with Crippen LogP contribution in [0.3, 0.4) is 0 Å². The van der Waals surface area contributed by atoms with E-state index in [0.717, 1.165) is 25.9 Å². The van der Waals surface area contributed by atoms with Gasteiger partial charge in [-0.25, -0.2) is 10.2 Å². The van der Waals surface area contributed by atoms with Gasteiger partial charge in [0, 0.05) is 18.6 Å². The molecule has 2 heterocycles. The first-order valence-electron chi connectivity index (χ1n) is 10.3. The largest absolute Gasteiger partial charge is 0.494 e. The Morgan fingerprint density at radius 2 is 1.88 bits per heavy atom. The molecule has 0 atom stereocenters. The minimum Gasteiger partial charge on any atom is -0.494 e. The van der Waals surface area contributed by atoms with E-state index in [4.69, 9.17) is 4.74 Å². The van der Waals surface area contributed by atoms with Crippen molar-refractivity contribution < 1.29 is 4.74 Å². The van der Waals surface area contributed by atoms with Crippen molar-refractivity contribution in [1.29, 1.82) is 0 Å². The Labute approximate surface area is 198 Å². The summed E-state index contributed by atoms with van der Waals surface area (Å²) < 4.78 is 10.5. The summed E-state index contributed by atoms with van der Waals surface area (Å²) in [5.41, 5.74) is 4.50. The van der Waals surface area contributed by atoms with Crippen molar-refractivity contribution in [3.8, 4) is 5.75 Å². The summed E-state index contributed by atoms with van der Waals surface area (Å²) in [7, 11) is 3.05. The third kappa shape index (κ3) is 4.61. The van der Waals surface area contributed by atoms with Crippen LogP contribution in [-0.2, 0) is 20.6 Å². The van der Waals surface area contributed by atoms with E-state index in [9.17, 15) is 9.59 Å². The topological polar surface area (TPSA) is 95.4 Å². The molecule has 2 aromatic carbocycles. The van der Waals surface area contributed by atoms with Crippen LogP contribution in [0.25, 0.3) is 11.2 Å². The summed E-state index contributed by atoms with van der Waals surface area (Å²) in [6.07, 6.45) is 1.65. The molecule has 0 spiro atoms. The Balaban J connectivity index is 1.74. The van der Waals surface area contributed by atoms with Gasteiger partial charge in [0.05, 0.1) is 19.4 Å². The number of aryl methyl sites for hydroxylation is 1. The number of nitrogens with zero attached hydrogens (tertiary/aromatic N) is 5. The Kier molecular flexibility index (Phi) is 6.45. The van der Waals surface area contributed by atoms with E-state index in [1.807, 2.05) is 55.5 Å². The van der Waals surface area contributed by atoms with Crippen LogP contribution in [0.15, 0.2) is 67.7 Å². The number of ether oxygens (including phenoxy) is 1. The second-order valence-electron chi connectivity index (χ2n) is 7.40. The molecule has 0 saturated carbocycles. The lowest BCUT2D eigenvalue weighted by Crippen LogP contribution is -2.37. The van der Waals surface area contributed by atoms with E-state index in [0.29, 0.717) is 24.6 Å². The Morgan fingerprint density at radius 3 is 2.58 bits per heavy atom. The third-order valence-corrected chi connectivity index (χ3v) is 5.64. The molecule has 0 aliphatic rings. The predicted octanol–water partition coefficient (Wildman–Crippen LogP) is 3.09. The molecule has 4 rings (SSSR count). The Hall–Kier alpha value is -3.66. The van der Waals surface area contributed by atoms with Crippen LogP contribution in [0, 0.1) is 0 Å². The maximum Gasteiger partial charge on any atom is 0.332 e. The normalized spacial score (nSPS) is 11.4. The van der Waals surface area contributed by atoms with Crippen LogP contribution < -0.4 is 21.4 Å². The number of rotatable bonds is 7. The van der Waals surface area contributed by atoms with Gasteiger partial charge in [-0.05, 0) is 54.4 Å². The van der Waals surface area contributed by atoms with Gasteiger partial charge in [0.1, 0.15) is 5.75 Å². The fraction of sp³-hybridized carbons (Fsp3) is 0.217. The minimum absolute atomic E-state index is 0.289. The van der Waals surface area contributed by atoms with Crippen LogP contribution in [0.5, 0.6) is 5.75 Å². The second-order valence-corrected chi connectivity index (χ2v) is 8.32. The first-order chi connectivity index (χ1) is 15.9. The van der Waals surface area contributed by atoms with Gasteiger partial charge in [-0.1, -0.05) is 28.1 Å². The lowest BCUT2D eigenvalue weighted by Gasteiger charge is -2.09. The van der Waals surface area contributed by atoms with Crippen LogP contribution in [0.4, 0.5) is 5.95 Å². The Bertz CT molecular complexity index is 1450. The lowest BCUT2D eigenvalue weighted by molar-refractivity contribution is 0.340. The molecule has 0 amide bonds. The molecule has 4 aromatic rings. The number of benzene rings is 2. The highest BCUT2D eigenvalue weighted by atomic mass is 79.9. The second kappa shape index (κ2) is 9.45. The first kappa shape index (κ1) is 22.5. The fourth-order valence-electron chi connectivity index (χ4n) is 3.49. The fourth-order valence-corrected chi connectivity index (χ4v) is 3.93. The van der Waals surface area contributed by atoms with Crippen molar-refractivity contribution in [3.63, 3.8) is 0 Å². The van der Waals surface area contributed by atoms with Crippen molar-refractivity contribution in [2.75, 3.05) is 12.0 Å². The number of fused-ring (bicyclic) bond motifs is 1. The highest BCUT2D eigenvalue weighted by molar-refractivity contribution is 9.10. The summed E-state index contributed by atoms with van der Waals surface area (Å²) in [4.78, 5) is 29.9. The Morgan fingerprint density at radius 1 is 1.12 bits per heavy atom. The molecular formula is C23H23BrN6O3. The van der Waals surface area contributed by atoms with Gasteiger partial charge in [-0.3, -0.25) is 18.5 Å². The highest BCUT2D eigenvalue weighted by Crippen LogP contribution is 2.20. The zero-order valence-corrected chi connectivity index (χ0v) is 20.0. The van der Waals surface area contributed by atoms with Gasteiger partial charge in [-0.15, -0.1) is 0 Å². The molecule has 0 aliphatic heterocycles. The van der Waals surface area contributed by atoms with Gasteiger partial charge in [0.2, 0.25) is 5.95 Å². The molecule has 0 bridgehead atoms. The maximum absolute atomic E-state index is 13.0. The van der Waals surface area contributed by atoms with Gasteiger partial charge in [0.25, 0.3) is 5.56 Å². The van der Waals surface area contributed by atoms with Crippen molar-refractivity contribution in [2.24, 2.45) is 19.2 Å². The predicted molar refractivity (Wildman–Crippen MR) is 132 cm³/mol. The first-order valence-corrected chi connectivity index (χ1v) is 11.1. The molecule has 33 heavy (non-hydrogen) atoms. The average Bonchev–Trinajstić information content (AvgIpc) is 3.16. The number of imidazole rings is 1. The number of hydrogen-bond donors (Lipinski definition) is 1. The van der Waals surface area contributed by atoms with E-state index in [1.54, 1.807) is 17.8 Å². The molecule has 1 N–H and O–H groups in total. The van der Waals surface area contributed by atoms with Crippen LogP contribution in [-0.4, -0.2) is 31.5 Å². The van der Waals surface area contributed by atoms with Crippen molar-refractivity contribution in [2.45, 2.75) is 13.5 Å². The summed E-state index contributed by atoms with van der Waals surface area (Å²) in [6.45, 7) is 2.90. The molecule has 0 radical (unpaired) electrons. The van der Waals surface area contributed by atoms with Crippen LogP contribution in [0.2, 0.25) is 0 Å². The minimum atomic E-state index is -0.441. The molecule has 10 heteroatoms. The molecule has 0 aliphatic carbocycles. The number of hydrogen-bond acceptors (Lipinski definition) is 6. The van der Waals surface area contributed by atoms with E-state index < -0.39 is 11.2 Å². The molecule has 170 valence electrons. The van der Waals surface area contributed by atoms with Crippen LogP contribution >= 0.6 is 15.9 Å². The molecule has 0 fully saturated rings. The molecule has 2 aromatic heterocycles. The average molecular weight is 511 g/mol. The number of halogens is 1. The van der Waals surface area contributed by atoms with E-state index in [2.05, 4.69) is 31.4 Å². The molecular weight excluding hydrogens is 488 g/mol. The number of hydrazone groups is 1. The number of aromatic nitrogens is 4. The summed E-state index contributed by atoms with van der Waals surface area (Å²) in [5, 5.41) is 4.30. The summed E-state index contributed by atoms with van der Waals surface area (Å²) in [5.74, 6) is 1.14. The zero-order chi connectivity index (χ0) is 23.5. The van der Waals surface area contributed by atoms with E-state index >= 15 is 0 Å². The van der Waals surface area contributed by atoms with Gasteiger partial charge >= 0.3 is 5.69 Å². The van der Waals surface area contributed by atoms with Crippen LogP contribution in [0.1, 0.15) is 18.1 Å². The molecule has 0 saturated heterocycles. The van der Waals surface area contributed by atoms with Crippen molar-refractivity contribution in [3.05, 3.63) is 85.0 Å². The van der Waals surface area contributed by atoms with Gasteiger partial charge in [-0.2, -0.15) is 10.1 Å². The van der Waals surface area contributed by atoms with E-state index in [-0.39, 0.29) is 5.65 Å². The monoisotopic (exact) mass is 510 g/mol. The highest BCUT2D eigenvalue weighted by Gasteiger charge is 2.19. The summed E-state index contributed by atoms with van der Waals surface area (Å²) >= 11 is 3.48. The SMILES string of the molecule is CCOc1ccc(C=NNc2nc3c(c(=O)n(C)c(=O)n3C)n2Cc2cccc(Br)c2)cc1. The summed E-state index contributed by atoms with van der Waals surface area (Å²) in [6, 6.07) is 15.3. The quantitative estimate of drug-likeness (QED) is 0.304. The maximum atomic E-state index is 13.0. The van der Waals surface area contributed by atoms with Crippen molar-refractivity contribution >= 4 is 39.3 Å². The lowest BCUT2D eigenvalue weighted by atomic mass is 10.2. The number of nitrogens with one attached hydrogen (secondary N) is 1. The van der Waals surface area contributed by atoms with Gasteiger partial charge < -0.3 is 4.74 Å². The number of anilines is 1. The van der Waals surface area contributed by atoms with E-state index in [1.165, 1.54) is 11.6 Å². The third-order valence-electron chi connectivity index (χ3n) is 5.15. The van der Waals surface area contributed by atoms with Crippen molar-refractivity contribution in [1.82, 2.24) is 18.7 Å². The standard InChI is InChI=1S/C23H23BrN6O3/c1-4-33-18-10-8-15(9-11-18)13-25-27-22-26-20-19(21(31)29(3)23(32)28(20)2)30(22)14-16-6-5-7-17(24)12-16/h5-13H,4,14H2,1-3H3,(H,26,27). The molecule has 0 unspecified atom stereocenters. The smallest absolute Gasteiger partial charge is 0.332 e. The van der Waals surface area contributed by atoms with Gasteiger partial charge in [0.15, 0.2) is 11.2 Å². The molecule has 9 nitrogen and oxygen atoms in total. The zero-order valence-electron chi connectivity index (χ0n) is 18.4.